The molecule has 0 saturated carbocycles. The van der Waals surface area contributed by atoms with Crippen molar-refractivity contribution in [3.63, 3.8) is 0 Å². The van der Waals surface area contributed by atoms with Crippen LogP contribution in [-0.4, -0.2) is 57.6 Å². The summed E-state index contributed by atoms with van der Waals surface area (Å²) in [6, 6.07) is 20.1. The van der Waals surface area contributed by atoms with Crippen molar-refractivity contribution in [1.29, 1.82) is 0 Å². The zero-order chi connectivity index (χ0) is 28.1. The maximum Gasteiger partial charge on any atom is 0.340 e. The van der Waals surface area contributed by atoms with Crippen molar-refractivity contribution < 1.29 is 26.7 Å². The Hall–Kier alpha value is -4.42. The van der Waals surface area contributed by atoms with Gasteiger partial charge in [0.1, 0.15) is 16.2 Å². The summed E-state index contributed by atoms with van der Waals surface area (Å²) >= 11 is 0. The summed E-state index contributed by atoms with van der Waals surface area (Å²) in [5.74, 6) is 0.372. The third-order valence-corrected chi connectivity index (χ3v) is 7.84. The number of anilines is 1. The van der Waals surface area contributed by atoms with Crippen molar-refractivity contribution in [3.8, 4) is 11.5 Å². The first-order valence-corrected chi connectivity index (χ1v) is 14.1. The lowest BCUT2D eigenvalue weighted by atomic mass is 10.2. The van der Waals surface area contributed by atoms with Crippen molar-refractivity contribution in [2.45, 2.75) is 11.3 Å². The Morgan fingerprint density at radius 2 is 1.65 bits per heavy atom. The molecule has 3 aromatic carbocycles. The molecule has 1 aliphatic heterocycles. The number of non-ortho nitro benzene ring substituents is 1. The molecule has 208 valence electrons. The summed E-state index contributed by atoms with van der Waals surface area (Å²) in [7, 11) is -4.13. The van der Waals surface area contributed by atoms with E-state index in [1.54, 1.807) is 48.5 Å². The van der Waals surface area contributed by atoms with Crippen molar-refractivity contribution in [2.24, 2.45) is 0 Å². The third kappa shape index (κ3) is 6.41. The Bertz CT molecular complexity index is 1650. The van der Waals surface area contributed by atoms with Gasteiger partial charge in [0.15, 0.2) is 5.75 Å². The lowest BCUT2D eigenvalue weighted by Gasteiger charge is -2.36. The van der Waals surface area contributed by atoms with Crippen LogP contribution in [0, 0.1) is 10.1 Å². The molecule has 1 saturated heterocycles. The van der Waals surface area contributed by atoms with Crippen LogP contribution in [0.3, 0.4) is 0 Å². The predicted octanol–water partition coefficient (Wildman–Crippen LogP) is 4.06. The number of nitro benzene ring substituents is 1. The Labute approximate surface area is 230 Å². The van der Waals surface area contributed by atoms with Gasteiger partial charge in [-0.05, 0) is 42.8 Å². The van der Waals surface area contributed by atoms with Gasteiger partial charge in [-0.25, -0.2) is 4.79 Å². The first-order valence-electron chi connectivity index (χ1n) is 12.7. The maximum absolute atomic E-state index is 12.6. The molecular formula is C28H27N3O8S. The molecule has 4 aromatic rings. The highest BCUT2D eigenvalue weighted by Gasteiger charge is 2.20. The van der Waals surface area contributed by atoms with Gasteiger partial charge in [-0.2, -0.15) is 8.42 Å². The second-order valence-electron chi connectivity index (χ2n) is 9.24. The van der Waals surface area contributed by atoms with E-state index >= 15 is 0 Å². The Kier molecular flexibility index (Phi) is 7.99. The molecule has 0 N–H and O–H groups in total. The van der Waals surface area contributed by atoms with Crippen LogP contribution in [0.1, 0.15) is 6.42 Å². The summed E-state index contributed by atoms with van der Waals surface area (Å²) in [5.41, 5.74) is 0.477. The van der Waals surface area contributed by atoms with Crippen LogP contribution >= 0.6 is 0 Å². The molecular weight excluding hydrogens is 538 g/mol. The molecule has 2 heterocycles. The number of hydrogen-bond donors (Lipinski definition) is 0. The molecule has 0 aliphatic carbocycles. The number of hydrogen-bond acceptors (Lipinski definition) is 10. The SMILES string of the molecule is O=c1cc(OS(=O)(=O)c2ccccc2)c2ccc(OCCCN3CCN(c4ccc([N+](=O)[O-])cc4)CC3)cc2o1. The molecule has 1 fully saturated rings. The van der Waals surface area contributed by atoms with Crippen LogP contribution in [0.25, 0.3) is 11.0 Å². The molecule has 0 unspecified atom stereocenters. The standard InChI is InChI=1S/C28H27N3O8S/c32-28-20-27(39-40(35,36)24-5-2-1-3-6-24)25-12-11-23(19-26(25)38-28)37-18-4-13-29-14-16-30(17-15-29)21-7-9-22(10-8-21)31(33)34/h1-3,5-12,19-20H,4,13-18H2. The number of piperazine rings is 1. The van der Waals surface area contributed by atoms with Gasteiger partial charge in [0.05, 0.1) is 23.0 Å². The second-order valence-corrected chi connectivity index (χ2v) is 10.8. The molecule has 5 rings (SSSR count). The van der Waals surface area contributed by atoms with E-state index in [1.165, 1.54) is 24.3 Å². The van der Waals surface area contributed by atoms with E-state index in [2.05, 4.69) is 9.80 Å². The van der Waals surface area contributed by atoms with Crippen LogP contribution in [0.5, 0.6) is 11.5 Å². The number of benzene rings is 3. The minimum absolute atomic E-state index is 0.0240. The summed E-state index contributed by atoms with van der Waals surface area (Å²) in [5, 5.41) is 11.2. The van der Waals surface area contributed by atoms with Crippen molar-refractivity contribution >= 4 is 32.5 Å². The number of fused-ring (bicyclic) bond motifs is 1. The van der Waals surface area contributed by atoms with Gasteiger partial charge in [-0.1, -0.05) is 18.2 Å². The van der Waals surface area contributed by atoms with Crippen LogP contribution in [0.2, 0.25) is 0 Å². The number of nitrogens with zero attached hydrogens (tertiary/aromatic N) is 3. The molecule has 1 aromatic heterocycles. The van der Waals surface area contributed by atoms with Crippen molar-refractivity contribution in [3.05, 3.63) is 99.4 Å². The molecule has 12 heteroatoms. The van der Waals surface area contributed by atoms with Gasteiger partial charge in [0.25, 0.3) is 5.69 Å². The smallest absolute Gasteiger partial charge is 0.340 e. The molecule has 0 atom stereocenters. The average Bonchev–Trinajstić information content (AvgIpc) is 2.96. The minimum Gasteiger partial charge on any atom is -0.493 e. The third-order valence-electron chi connectivity index (χ3n) is 6.59. The highest BCUT2D eigenvalue weighted by Crippen LogP contribution is 2.29. The number of nitro groups is 1. The number of rotatable bonds is 10. The summed E-state index contributed by atoms with van der Waals surface area (Å²) in [6.07, 6.45) is 0.776. The lowest BCUT2D eigenvalue weighted by molar-refractivity contribution is -0.384. The molecule has 11 nitrogen and oxygen atoms in total. The highest BCUT2D eigenvalue weighted by molar-refractivity contribution is 7.87. The van der Waals surface area contributed by atoms with Crippen LogP contribution < -0.4 is 19.4 Å². The molecule has 0 amide bonds. The molecule has 1 aliphatic rings. The fraction of sp³-hybridized carbons (Fsp3) is 0.250. The van der Waals surface area contributed by atoms with Crippen molar-refractivity contribution in [2.75, 3.05) is 44.2 Å². The summed E-state index contributed by atoms with van der Waals surface area (Å²) in [4.78, 5) is 27.1. The lowest BCUT2D eigenvalue weighted by Crippen LogP contribution is -2.46. The molecule has 40 heavy (non-hydrogen) atoms. The molecule has 0 radical (unpaired) electrons. The van der Waals surface area contributed by atoms with E-state index in [0.29, 0.717) is 17.7 Å². The Balaban J connectivity index is 1.13. The van der Waals surface area contributed by atoms with E-state index < -0.39 is 20.7 Å². The molecule has 0 bridgehead atoms. The maximum atomic E-state index is 12.6. The summed E-state index contributed by atoms with van der Waals surface area (Å²) in [6.45, 7) is 4.67. The van der Waals surface area contributed by atoms with Gasteiger partial charge in [-0.15, -0.1) is 0 Å². The van der Waals surface area contributed by atoms with Gasteiger partial charge in [0.2, 0.25) is 0 Å². The van der Waals surface area contributed by atoms with Gasteiger partial charge in [-0.3, -0.25) is 15.0 Å². The van der Waals surface area contributed by atoms with E-state index in [9.17, 15) is 23.3 Å². The van der Waals surface area contributed by atoms with Gasteiger partial charge < -0.3 is 18.2 Å². The largest absolute Gasteiger partial charge is 0.493 e. The van der Waals surface area contributed by atoms with Crippen molar-refractivity contribution in [1.82, 2.24) is 4.90 Å². The molecule has 0 spiro atoms. The zero-order valence-electron chi connectivity index (χ0n) is 21.5. The first kappa shape index (κ1) is 27.2. The fourth-order valence-corrected chi connectivity index (χ4v) is 5.48. The first-order chi connectivity index (χ1) is 19.3. The minimum atomic E-state index is -4.13. The Morgan fingerprint density at radius 1 is 0.925 bits per heavy atom. The second kappa shape index (κ2) is 11.8. The van der Waals surface area contributed by atoms with E-state index in [1.807, 2.05) is 0 Å². The number of ether oxygens (including phenoxy) is 1. The summed E-state index contributed by atoms with van der Waals surface area (Å²) < 4.78 is 41.7. The predicted molar refractivity (Wildman–Crippen MR) is 149 cm³/mol. The average molecular weight is 566 g/mol. The van der Waals surface area contributed by atoms with Crippen LogP contribution in [-0.2, 0) is 10.1 Å². The van der Waals surface area contributed by atoms with Crippen LogP contribution in [0.15, 0.2) is 93.0 Å². The normalized spacial score (nSPS) is 14.2. The monoisotopic (exact) mass is 565 g/mol. The van der Waals surface area contributed by atoms with E-state index in [0.717, 1.165) is 50.9 Å². The Morgan fingerprint density at radius 3 is 2.35 bits per heavy atom. The quantitative estimate of drug-likeness (QED) is 0.0911. The zero-order valence-corrected chi connectivity index (χ0v) is 22.3. The van der Waals surface area contributed by atoms with Gasteiger partial charge in [0, 0.05) is 56.6 Å². The van der Waals surface area contributed by atoms with E-state index in [4.69, 9.17) is 13.3 Å². The van der Waals surface area contributed by atoms with Gasteiger partial charge >= 0.3 is 15.7 Å². The highest BCUT2D eigenvalue weighted by atomic mass is 32.2. The van der Waals surface area contributed by atoms with Crippen LogP contribution in [0.4, 0.5) is 11.4 Å². The topological polar surface area (TPSA) is 132 Å². The van der Waals surface area contributed by atoms with E-state index in [-0.39, 0.29) is 21.9 Å². The fourth-order valence-electron chi connectivity index (χ4n) is 4.52.